The summed E-state index contributed by atoms with van der Waals surface area (Å²) in [7, 11) is 3.84. The second-order valence-electron chi connectivity index (χ2n) is 4.68. The monoisotopic (exact) mass is 323 g/mol. The molecule has 1 aromatic rings. The van der Waals surface area contributed by atoms with Crippen LogP contribution in [0.15, 0.2) is 12.1 Å². The van der Waals surface area contributed by atoms with Crippen molar-refractivity contribution in [3.8, 4) is 0 Å². The van der Waals surface area contributed by atoms with Crippen LogP contribution in [-0.2, 0) is 11.3 Å². The number of nitrogens with one attached hydrogen (secondary N) is 1. The van der Waals surface area contributed by atoms with E-state index in [0.29, 0.717) is 19.1 Å². The quantitative estimate of drug-likeness (QED) is 0.895. The van der Waals surface area contributed by atoms with Gasteiger partial charge in [0.2, 0.25) is 5.91 Å². The van der Waals surface area contributed by atoms with Crippen molar-refractivity contribution in [2.75, 3.05) is 33.7 Å². The summed E-state index contributed by atoms with van der Waals surface area (Å²) in [5.41, 5.74) is 0. The van der Waals surface area contributed by atoms with E-state index < -0.39 is 0 Å². The Kier molecular flexibility index (Phi) is 6.56. The van der Waals surface area contributed by atoms with Crippen molar-refractivity contribution in [1.82, 2.24) is 15.1 Å². The molecule has 0 spiro atoms. The summed E-state index contributed by atoms with van der Waals surface area (Å²) in [5.74, 6) is 0.147. The molecule has 1 fully saturated rings. The molecule has 0 aromatic carbocycles. The SMILES string of the molecule is CN(Cc1ccc(Cl)s1)C(=O)CN(C)C1CNC1.Cl. The average molecular weight is 324 g/mol. The number of rotatable bonds is 5. The van der Waals surface area contributed by atoms with Gasteiger partial charge in [-0.2, -0.15) is 0 Å². The second kappa shape index (κ2) is 7.45. The predicted molar refractivity (Wildman–Crippen MR) is 82.3 cm³/mol. The number of carbonyl (C=O) groups excluding carboxylic acids is 1. The molecule has 0 saturated carbocycles. The van der Waals surface area contributed by atoms with Gasteiger partial charge in [-0.15, -0.1) is 23.7 Å². The number of likely N-dealkylation sites (N-methyl/N-ethyl adjacent to an activating group) is 2. The molecule has 2 heterocycles. The van der Waals surface area contributed by atoms with Gasteiger partial charge in [-0.25, -0.2) is 0 Å². The molecule has 0 aliphatic carbocycles. The molecule has 0 bridgehead atoms. The van der Waals surface area contributed by atoms with E-state index in [1.807, 2.05) is 26.2 Å². The van der Waals surface area contributed by atoms with E-state index >= 15 is 0 Å². The van der Waals surface area contributed by atoms with E-state index in [2.05, 4.69) is 10.2 Å². The first kappa shape index (κ1) is 16.7. The third kappa shape index (κ3) is 4.61. The number of amides is 1. The molecule has 2 rings (SSSR count). The van der Waals surface area contributed by atoms with Crippen LogP contribution in [0.2, 0.25) is 4.34 Å². The summed E-state index contributed by atoms with van der Waals surface area (Å²) in [6.45, 7) is 3.07. The van der Waals surface area contributed by atoms with Crippen molar-refractivity contribution in [2.45, 2.75) is 12.6 Å². The van der Waals surface area contributed by atoms with Gasteiger partial charge in [0, 0.05) is 31.1 Å². The van der Waals surface area contributed by atoms with E-state index in [1.54, 1.807) is 4.90 Å². The van der Waals surface area contributed by atoms with E-state index in [1.165, 1.54) is 11.3 Å². The molecule has 1 saturated heterocycles. The number of carbonyl (C=O) groups is 1. The standard InChI is InChI=1S/C12H18ClN3OS.ClH/c1-15(9-5-14-6-9)8-12(17)16(2)7-10-3-4-11(13)18-10;/h3-4,9,14H,5-8H2,1-2H3;1H. The first-order chi connectivity index (χ1) is 8.56. The highest BCUT2D eigenvalue weighted by atomic mass is 35.5. The van der Waals surface area contributed by atoms with Gasteiger partial charge in [-0.05, 0) is 19.2 Å². The van der Waals surface area contributed by atoms with Gasteiger partial charge >= 0.3 is 0 Å². The lowest BCUT2D eigenvalue weighted by molar-refractivity contribution is -0.132. The third-order valence-electron chi connectivity index (χ3n) is 3.22. The van der Waals surface area contributed by atoms with Gasteiger partial charge in [0.15, 0.2) is 0 Å². The third-order valence-corrected chi connectivity index (χ3v) is 4.43. The van der Waals surface area contributed by atoms with Crippen molar-refractivity contribution in [1.29, 1.82) is 0 Å². The van der Waals surface area contributed by atoms with Gasteiger partial charge in [-0.1, -0.05) is 11.6 Å². The lowest BCUT2D eigenvalue weighted by Crippen LogP contribution is -2.57. The number of nitrogens with zero attached hydrogens (tertiary/aromatic N) is 2. The fourth-order valence-electron chi connectivity index (χ4n) is 1.81. The topological polar surface area (TPSA) is 35.6 Å². The summed E-state index contributed by atoms with van der Waals surface area (Å²) >= 11 is 7.40. The molecule has 1 amide bonds. The van der Waals surface area contributed by atoms with Crippen LogP contribution in [0.25, 0.3) is 0 Å². The normalized spacial score (nSPS) is 14.9. The average Bonchev–Trinajstić information content (AvgIpc) is 2.60. The smallest absolute Gasteiger partial charge is 0.236 e. The van der Waals surface area contributed by atoms with Crippen LogP contribution < -0.4 is 5.32 Å². The van der Waals surface area contributed by atoms with Gasteiger partial charge < -0.3 is 10.2 Å². The Morgan fingerprint density at radius 2 is 2.16 bits per heavy atom. The minimum Gasteiger partial charge on any atom is -0.340 e. The van der Waals surface area contributed by atoms with Gasteiger partial charge in [0.25, 0.3) is 0 Å². The van der Waals surface area contributed by atoms with Crippen molar-refractivity contribution >= 4 is 41.3 Å². The highest BCUT2D eigenvalue weighted by molar-refractivity contribution is 7.16. The number of halogens is 2. The molecule has 1 aliphatic heterocycles. The molecule has 19 heavy (non-hydrogen) atoms. The summed E-state index contributed by atoms with van der Waals surface area (Å²) in [6, 6.07) is 4.33. The summed E-state index contributed by atoms with van der Waals surface area (Å²) in [5, 5.41) is 3.21. The van der Waals surface area contributed by atoms with Crippen molar-refractivity contribution in [3.63, 3.8) is 0 Å². The minimum atomic E-state index is 0. The highest BCUT2D eigenvalue weighted by Gasteiger charge is 2.24. The number of thiophene rings is 1. The van der Waals surface area contributed by atoms with Crippen molar-refractivity contribution < 1.29 is 4.79 Å². The zero-order valence-electron chi connectivity index (χ0n) is 11.1. The fraction of sp³-hybridized carbons (Fsp3) is 0.583. The van der Waals surface area contributed by atoms with Crippen LogP contribution in [0.4, 0.5) is 0 Å². The second-order valence-corrected chi connectivity index (χ2v) is 6.48. The molecule has 1 N–H and O–H groups in total. The molecule has 1 aliphatic rings. The lowest BCUT2D eigenvalue weighted by Gasteiger charge is -2.35. The Balaban J connectivity index is 0.00000180. The molecule has 0 unspecified atom stereocenters. The van der Waals surface area contributed by atoms with Crippen molar-refractivity contribution in [3.05, 3.63) is 21.3 Å². The van der Waals surface area contributed by atoms with E-state index in [4.69, 9.17) is 11.6 Å². The van der Waals surface area contributed by atoms with Gasteiger partial charge in [0.1, 0.15) is 0 Å². The zero-order chi connectivity index (χ0) is 13.1. The van der Waals surface area contributed by atoms with Crippen LogP contribution in [0, 0.1) is 0 Å². The Bertz CT molecular complexity index is 423. The Hall–Kier alpha value is -0.330. The number of hydrogen-bond acceptors (Lipinski definition) is 4. The largest absolute Gasteiger partial charge is 0.340 e. The van der Waals surface area contributed by atoms with E-state index in [0.717, 1.165) is 22.3 Å². The summed E-state index contributed by atoms with van der Waals surface area (Å²) < 4.78 is 0.767. The van der Waals surface area contributed by atoms with Crippen LogP contribution in [0.5, 0.6) is 0 Å². The van der Waals surface area contributed by atoms with Gasteiger partial charge in [0.05, 0.1) is 17.4 Å². The summed E-state index contributed by atoms with van der Waals surface area (Å²) in [6.07, 6.45) is 0. The first-order valence-electron chi connectivity index (χ1n) is 5.95. The van der Waals surface area contributed by atoms with Crippen LogP contribution in [-0.4, -0.2) is 55.5 Å². The van der Waals surface area contributed by atoms with E-state index in [9.17, 15) is 4.79 Å². The minimum absolute atomic E-state index is 0. The fourth-order valence-corrected chi connectivity index (χ4v) is 2.95. The van der Waals surface area contributed by atoms with Crippen molar-refractivity contribution in [2.24, 2.45) is 0 Å². The van der Waals surface area contributed by atoms with Crippen LogP contribution in [0.3, 0.4) is 0 Å². The molecule has 0 atom stereocenters. The Labute approximate surface area is 129 Å². The maximum absolute atomic E-state index is 12.0. The molecule has 108 valence electrons. The molecule has 0 radical (unpaired) electrons. The van der Waals surface area contributed by atoms with E-state index in [-0.39, 0.29) is 18.3 Å². The lowest BCUT2D eigenvalue weighted by atomic mass is 10.1. The highest BCUT2D eigenvalue weighted by Crippen LogP contribution is 2.22. The zero-order valence-corrected chi connectivity index (χ0v) is 13.4. The summed E-state index contributed by atoms with van der Waals surface area (Å²) in [4.78, 5) is 17.0. The maximum atomic E-state index is 12.0. The Morgan fingerprint density at radius 3 is 2.63 bits per heavy atom. The predicted octanol–water partition coefficient (Wildman–Crippen LogP) is 1.69. The Morgan fingerprint density at radius 1 is 1.47 bits per heavy atom. The van der Waals surface area contributed by atoms with Gasteiger partial charge in [-0.3, -0.25) is 9.69 Å². The number of hydrogen-bond donors (Lipinski definition) is 1. The first-order valence-corrected chi connectivity index (χ1v) is 7.15. The van der Waals surface area contributed by atoms with Crippen LogP contribution >= 0.6 is 35.3 Å². The molecular weight excluding hydrogens is 305 g/mol. The maximum Gasteiger partial charge on any atom is 0.236 e. The molecule has 4 nitrogen and oxygen atoms in total. The molecule has 7 heteroatoms. The molecular formula is C12H19Cl2N3OS. The van der Waals surface area contributed by atoms with Crippen LogP contribution in [0.1, 0.15) is 4.88 Å². The molecule has 1 aromatic heterocycles.